The zero-order valence-electron chi connectivity index (χ0n) is 14.5. The number of hydrogen-bond acceptors (Lipinski definition) is 5. The molecule has 0 unspecified atom stereocenters. The van der Waals surface area contributed by atoms with E-state index in [1.54, 1.807) is 6.07 Å². The summed E-state index contributed by atoms with van der Waals surface area (Å²) in [5, 5.41) is 1.68. The number of aromatic nitrogens is 2. The Labute approximate surface area is 153 Å². The van der Waals surface area contributed by atoms with Crippen molar-refractivity contribution in [3.8, 4) is 22.2 Å². The summed E-state index contributed by atoms with van der Waals surface area (Å²) >= 11 is 1.20. The van der Waals surface area contributed by atoms with Crippen molar-refractivity contribution in [2.45, 2.75) is 20.8 Å². The summed E-state index contributed by atoms with van der Waals surface area (Å²) in [5.41, 5.74) is 3.62. The number of rotatable bonds is 3. The summed E-state index contributed by atoms with van der Waals surface area (Å²) in [6.45, 7) is 5.37. The molecule has 0 saturated carbocycles. The van der Waals surface area contributed by atoms with Crippen LogP contribution in [-0.2, 0) is 0 Å². The first-order valence-corrected chi connectivity index (χ1v) is 8.86. The molecule has 6 heteroatoms. The molecule has 0 aliphatic rings. The van der Waals surface area contributed by atoms with Crippen LogP contribution in [0.3, 0.4) is 0 Å². The summed E-state index contributed by atoms with van der Waals surface area (Å²) in [6, 6.07) is 10.4. The van der Waals surface area contributed by atoms with Crippen LogP contribution in [0.15, 0.2) is 40.8 Å². The van der Waals surface area contributed by atoms with Gasteiger partial charge in [0, 0.05) is 10.9 Å². The number of aryl methyl sites for hydroxylation is 2. The minimum absolute atomic E-state index is 0.0624. The van der Waals surface area contributed by atoms with Crippen LogP contribution in [0.5, 0.6) is 0 Å². The number of hydrogen-bond donors (Lipinski definition) is 0. The number of furan rings is 1. The molecule has 4 aromatic rings. The van der Waals surface area contributed by atoms with Crippen LogP contribution < -0.4 is 0 Å². The highest BCUT2D eigenvalue weighted by Crippen LogP contribution is 2.33. The van der Waals surface area contributed by atoms with E-state index < -0.39 is 5.82 Å². The van der Waals surface area contributed by atoms with Gasteiger partial charge in [0.15, 0.2) is 22.4 Å². The molecule has 2 heterocycles. The first-order chi connectivity index (χ1) is 12.4. The van der Waals surface area contributed by atoms with Gasteiger partial charge in [0.05, 0.1) is 5.56 Å². The zero-order valence-corrected chi connectivity index (χ0v) is 15.3. The van der Waals surface area contributed by atoms with Gasteiger partial charge in [0.25, 0.3) is 0 Å². The molecule has 0 atom stereocenters. The van der Waals surface area contributed by atoms with Crippen LogP contribution >= 0.6 is 11.5 Å². The Morgan fingerprint density at radius 1 is 1.12 bits per heavy atom. The highest BCUT2D eigenvalue weighted by Gasteiger charge is 2.16. The molecule has 0 radical (unpaired) electrons. The lowest BCUT2D eigenvalue weighted by atomic mass is 10.1. The summed E-state index contributed by atoms with van der Waals surface area (Å²) in [5.74, 6) is 0.171. The molecule has 0 bridgehead atoms. The molecular formula is C20H15FN2O2S. The van der Waals surface area contributed by atoms with Crippen molar-refractivity contribution in [3.05, 3.63) is 58.9 Å². The van der Waals surface area contributed by atoms with E-state index in [0.29, 0.717) is 22.2 Å². The number of ketones is 1. The Balaban J connectivity index is 1.75. The normalized spacial score (nSPS) is 11.2. The van der Waals surface area contributed by atoms with Gasteiger partial charge in [-0.25, -0.2) is 9.37 Å². The number of Topliss-reactive ketones (excluding diaryl/α,β-unsaturated/α-hetero) is 1. The Bertz CT molecular complexity index is 1120. The van der Waals surface area contributed by atoms with Crippen LogP contribution in [0.1, 0.15) is 28.4 Å². The van der Waals surface area contributed by atoms with E-state index in [4.69, 9.17) is 4.42 Å². The first-order valence-electron chi connectivity index (χ1n) is 8.08. The van der Waals surface area contributed by atoms with Gasteiger partial charge in [0.2, 0.25) is 0 Å². The number of halogens is 1. The second-order valence-corrected chi connectivity index (χ2v) is 6.98. The minimum atomic E-state index is -0.568. The van der Waals surface area contributed by atoms with Crippen LogP contribution in [0.25, 0.3) is 33.1 Å². The lowest BCUT2D eigenvalue weighted by Crippen LogP contribution is -1.97. The van der Waals surface area contributed by atoms with Gasteiger partial charge >= 0.3 is 0 Å². The Morgan fingerprint density at radius 3 is 2.58 bits per heavy atom. The maximum Gasteiger partial charge on any atom is 0.179 e. The number of nitrogens with zero attached hydrogens (tertiary/aromatic N) is 2. The maximum atomic E-state index is 14.1. The van der Waals surface area contributed by atoms with Crippen molar-refractivity contribution in [1.82, 2.24) is 9.36 Å². The molecule has 0 aliphatic heterocycles. The predicted molar refractivity (Wildman–Crippen MR) is 100.0 cm³/mol. The van der Waals surface area contributed by atoms with Gasteiger partial charge < -0.3 is 4.42 Å². The summed E-state index contributed by atoms with van der Waals surface area (Å²) < 4.78 is 24.3. The number of carbonyl (C=O) groups excluding carboxylic acids is 1. The number of carbonyl (C=O) groups is 1. The SMILES string of the molecule is CC(=O)c1ccc(-c2nsc(-c3cc4c(C)ccc(C)c4o3)n2)cc1F. The van der Waals surface area contributed by atoms with Gasteiger partial charge in [-0.3, -0.25) is 4.79 Å². The zero-order chi connectivity index (χ0) is 18.4. The summed E-state index contributed by atoms with van der Waals surface area (Å²) in [7, 11) is 0. The fraction of sp³-hybridized carbons (Fsp3) is 0.150. The molecule has 2 aromatic heterocycles. The molecule has 2 aromatic carbocycles. The molecule has 130 valence electrons. The van der Waals surface area contributed by atoms with Gasteiger partial charge in [-0.2, -0.15) is 4.37 Å². The molecule has 4 nitrogen and oxygen atoms in total. The first kappa shape index (κ1) is 16.6. The minimum Gasteiger partial charge on any atom is -0.453 e. The summed E-state index contributed by atoms with van der Waals surface area (Å²) in [6.07, 6.45) is 0. The van der Waals surface area contributed by atoms with E-state index in [2.05, 4.69) is 15.4 Å². The van der Waals surface area contributed by atoms with Crippen LogP contribution in [0.4, 0.5) is 4.39 Å². The lowest BCUT2D eigenvalue weighted by molar-refractivity contribution is 0.101. The summed E-state index contributed by atoms with van der Waals surface area (Å²) in [4.78, 5) is 15.8. The highest BCUT2D eigenvalue weighted by atomic mass is 32.1. The van der Waals surface area contributed by atoms with Gasteiger partial charge in [-0.15, -0.1) is 0 Å². The van der Waals surface area contributed by atoms with Crippen molar-refractivity contribution in [3.63, 3.8) is 0 Å². The molecule has 4 rings (SSSR count). The second kappa shape index (κ2) is 6.14. The monoisotopic (exact) mass is 366 g/mol. The smallest absolute Gasteiger partial charge is 0.179 e. The third-order valence-electron chi connectivity index (χ3n) is 4.34. The van der Waals surface area contributed by atoms with Crippen molar-refractivity contribution in [2.24, 2.45) is 0 Å². The maximum absolute atomic E-state index is 14.1. The topological polar surface area (TPSA) is 56.0 Å². The molecule has 0 spiro atoms. The standard InChI is InChI=1S/C20H15FN2O2S/c1-10-4-5-11(2)18-15(10)9-17(25-18)20-22-19(23-26-20)13-6-7-14(12(3)24)16(21)8-13/h4-9H,1-3H3. The fourth-order valence-electron chi connectivity index (χ4n) is 2.88. The molecule has 0 fully saturated rings. The molecule has 0 N–H and O–H groups in total. The Kier molecular flexibility index (Phi) is 3.92. The third-order valence-corrected chi connectivity index (χ3v) is 5.07. The van der Waals surface area contributed by atoms with Gasteiger partial charge in [-0.1, -0.05) is 18.2 Å². The molecule has 26 heavy (non-hydrogen) atoms. The third kappa shape index (κ3) is 2.72. The average molecular weight is 366 g/mol. The molecular weight excluding hydrogens is 351 g/mol. The van der Waals surface area contributed by atoms with Crippen molar-refractivity contribution < 1.29 is 13.6 Å². The van der Waals surface area contributed by atoms with E-state index in [-0.39, 0.29) is 11.3 Å². The molecule has 0 saturated heterocycles. The van der Waals surface area contributed by atoms with Crippen LogP contribution in [0.2, 0.25) is 0 Å². The Hall–Kier alpha value is -2.86. The van der Waals surface area contributed by atoms with E-state index >= 15 is 0 Å². The highest BCUT2D eigenvalue weighted by molar-refractivity contribution is 7.09. The van der Waals surface area contributed by atoms with Gasteiger partial charge in [0.1, 0.15) is 11.4 Å². The van der Waals surface area contributed by atoms with Crippen LogP contribution in [-0.4, -0.2) is 15.1 Å². The van der Waals surface area contributed by atoms with Crippen LogP contribution in [0, 0.1) is 19.7 Å². The Morgan fingerprint density at radius 2 is 1.88 bits per heavy atom. The molecule has 0 aliphatic carbocycles. The number of fused-ring (bicyclic) bond motifs is 1. The van der Waals surface area contributed by atoms with Crippen molar-refractivity contribution >= 4 is 28.3 Å². The quantitative estimate of drug-likeness (QED) is 0.444. The predicted octanol–water partition coefficient (Wildman–Crippen LogP) is 5.58. The molecule has 0 amide bonds. The van der Waals surface area contributed by atoms with E-state index in [9.17, 15) is 9.18 Å². The van der Waals surface area contributed by atoms with Crippen molar-refractivity contribution in [1.29, 1.82) is 0 Å². The van der Waals surface area contributed by atoms with Gasteiger partial charge in [-0.05, 0) is 61.6 Å². The van der Waals surface area contributed by atoms with E-state index in [1.807, 2.05) is 26.0 Å². The lowest BCUT2D eigenvalue weighted by Gasteiger charge is -2.00. The fourth-order valence-corrected chi connectivity index (χ4v) is 3.52. The van der Waals surface area contributed by atoms with E-state index in [1.165, 1.54) is 30.6 Å². The average Bonchev–Trinajstić information content (AvgIpc) is 3.25. The largest absolute Gasteiger partial charge is 0.453 e. The van der Waals surface area contributed by atoms with Crippen molar-refractivity contribution in [2.75, 3.05) is 0 Å². The number of benzene rings is 2. The van der Waals surface area contributed by atoms with E-state index in [0.717, 1.165) is 22.1 Å². The second-order valence-electron chi connectivity index (χ2n) is 6.23.